The number of amides is 3. The molecule has 1 aromatic rings. The minimum absolute atomic E-state index is 0.138. The molecule has 7 nitrogen and oxygen atoms in total. The summed E-state index contributed by atoms with van der Waals surface area (Å²) in [6.45, 7) is 3.41. The number of anilines is 2. The average molecular weight is 293 g/mol. The Bertz CT molecular complexity index is 502. The molecule has 0 radical (unpaired) electrons. The number of hydrogen-bond donors (Lipinski definition) is 4. The van der Waals surface area contributed by atoms with Crippen LogP contribution in [0.15, 0.2) is 18.2 Å². The maximum Gasteiger partial charge on any atom is 0.316 e. The Kier molecular flexibility index (Phi) is 6.32. The third-order valence-corrected chi connectivity index (χ3v) is 2.78. The van der Waals surface area contributed by atoms with Gasteiger partial charge in [-0.3, -0.25) is 4.79 Å². The van der Waals surface area contributed by atoms with E-state index in [2.05, 4.69) is 16.0 Å². The van der Waals surface area contributed by atoms with Gasteiger partial charge in [-0.15, -0.1) is 0 Å². The first-order valence-corrected chi connectivity index (χ1v) is 6.82. The molecule has 5 N–H and O–H groups in total. The number of nitrogens with zero attached hydrogens (tertiary/aromatic N) is 1. The highest BCUT2D eigenvalue weighted by Gasteiger charge is 2.07. The normalized spacial score (nSPS) is 9.86. The highest BCUT2D eigenvalue weighted by molar-refractivity contribution is 5.96. The number of nitrogens with one attached hydrogen (secondary N) is 3. The minimum atomic E-state index is -0.152. The van der Waals surface area contributed by atoms with Crippen LogP contribution >= 0.6 is 0 Å². The summed E-state index contributed by atoms with van der Waals surface area (Å²) >= 11 is 0. The van der Waals surface area contributed by atoms with E-state index >= 15 is 0 Å². The van der Waals surface area contributed by atoms with E-state index in [1.165, 1.54) is 4.90 Å². The molecule has 116 valence electrons. The first-order chi connectivity index (χ1) is 9.95. The molecule has 0 bridgehead atoms. The van der Waals surface area contributed by atoms with Gasteiger partial charge >= 0.3 is 6.03 Å². The SMILES string of the molecule is CCNC(=O)c1ccc(N)c(NCCNC(=O)N(C)C)c1. The van der Waals surface area contributed by atoms with Gasteiger partial charge in [-0.25, -0.2) is 4.79 Å². The van der Waals surface area contributed by atoms with Crippen LogP contribution in [0, 0.1) is 0 Å². The smallest absolute Gasteiger partial charge is 0.316 e. The second kappa shape index (κ2) is 7.98. The molecule has 0 saturated heterocycles. The lowest BCUT2D eigenvalue weighted by atomic mass is 10.1. The van der Waals surface area contributed by atoms with E-state index in [0.717, 1.165) is 0 Å². The van der Waals surface area contributed by atoms with Gasteiger partial charge in [0.15, 0.2) is 0 Å². The molecular weight excluding hydrogens is 270 g/mol. The van der Waals surface area contributed by atoms with E-state index in [1.807, 2.05) is 6.92 Å². The first-order valence-electron chi connectivity index (χ1n) is 6.82. The van der Waals surface area contributed by atoms with E-state index in [4.69, 9.17) is 5.73 Å². The van der Waals surface area contributed by atoms with Crippen molar-refractivity contribution in [2.75, 3.05) is 44.8 Å². The van der Waals surface area contributed by atoms with E-state index in [9.17, 15) is 9.59 Å². The topological polar surface area (TPSA) is 99.5 Å². The van der Waals surface area contributed by atoms with Gasteiger partial charge in [-0.2, -0.15) is 0 Å². The van der Waals surface area contributed by atoms with Gasteiger partial charge < -0.3 is 26.6 Å². The molecule has 0 heterocycles. The van der Waals surface area contributed by atoms with Gasteiger partial charge in [0.05, 0.1) is 11.4 Å². The molecule has 0 saturated carbocycles. The Hall–Kier alpha value is -2.44. The third kappa shape index (κ3) is 5.21. The highest BCUT2D eigenvalue weighted by Crippen LogP contribution is 2.19. The summed E-state index contributed by atoms with van der Waals surface area (Å²) in [5.74, 6) is -0.138. The Morgan fingerprint density at radius 3 is 2.52 bits per heavy atom. The molecule has 0 unspecified atom stereocenters. The highest BCUT2D eigenvalue weighted by atomic mass is 16.2. The first kappa shape index (κ1) is 16.6. The lowest BCUT2D eigenvalue weighted by Crippen LogP contribution is -2.37. The second-order valence-electron chi connectivity index (χ2n) is 4.71. The summed E-state index contributed by atoms with van der Waals surface area (Å²) in [6, 6.07) is 4.92. The van der Waals surface area contributed by atoms with E-state index < -0.39 is 0 Å². The van der Waals surface area contributed by atoms with Crippen LogP contribution in [0.1, 0.15) is 17.3 Å². The predicted octanol–water partition coefficient (Wildman–Crippen LogP) is 0.702. The fraction of sp³-hybridized carbons (Fsp3) is 0.429. The zero-order valence-electron chi connectivity index (χ0n) is 12.7. The number of benzene rings is 1. The summed E-state index contributed by atoms with van der Waals surface area (Å²) in [6.07, 6.45) is 0. The fourth-order valence-corrected chi connectivity index (χ4v) is 1.64. The monoisotopic (exact) mass is 293 g/mol. The Labute approximate surface area is 124 Å². The van der Waals surface area contributed by atoms with Gasteiger partial charge in [0.2, 0.25) is 0 Å². The van der Waals surface area contributed by atoms with Crippen LogP contribution in [-0.2, 0) is 0 Å². The number of rotatable bonds is 6. The van der Waals surface area contributed by atoms with Crippen LogP contribution in [0.3, 0.4) is 0 Å². The third-order valence-electron chi connectivity index (χ3n) is 2.78. The van der Waals surface area contributed by atoms with Crippen LogP contribution < -0.4 is 21.7 Å². The molecule has 1 rings (SSSR count). The van der Waals surface area contributed by atoms with Gasteiger partial charge in [-0.05, 0) is 25.1 Å². The fourth-order valence-electron chi connectivity index (χ4n) is 1.64. The molecular formula is C14H23N5O2. The maximum absolute atomic E-state index is 11.8. The Balaban J connectivity index is 2.56. The molecule has 0 spiro atoms. The predicted molar refractivity (Wildman–Crippen MR) is 84.4 cm³/mol. The number of urea groups is 1. The lowest BCUT2D eigenvalue weighted by molar-refractivity contribution is 0.0956. The number of nitrogens with two attached hydrogens (primary N) is 1. The van der Waals surface area contributed by atoms with Crippen molar-refractivity contribution < 1.29 is 9.59 Å². The summed E-state index contributed by atoms with van der Waals surface area (Å²) in [7, 11) is 3.35. The van der Waals surface area contributed by atoms with Gasteiger partial charge in [-0.1, -0.05) is 0 Å². The van der Waals surface area contributed by atoms with E-state index in [-0.39, 0.29) is 11.9 Å². The largest absolute Gasteiger partial charge is 0.397 e. The van der Waals surface area contributed by atoms with Gasteiger partial charge in [0.25, 0.3) is 5.91 Å². The van der Waals surface area contributed by atoms with Crippen LogP contribution in [0.25, 0.3) is 0 Å². The quantitative estimate of drug-likeness (QED) is 0.458. The summed E-state index contributed by atoms with van der Waals surface area (Å²) in [5, 5.41) is 8.57. The van der Waals surface area contributed by atoms with Gasteiger partial charge in [0, 0.05) is 39.3 Å². The van der Waals surface area contributed by atoms with Crippen LogP contribution in [0.4, 0.5) is 16.2 Å². The maximum atomic E-state index is 11.8. The minimum Gasteiger partial charge on any atom is -0.397 e. The molecule has 3 amide bonds. The van der Waals surface area contributed by atoms with Crippen molar-refractivity contribution in [3.63, 3.8) is 0 Å². The molecule has 0 aliphatic rings. The summed E-state index contributed by atoms with van der Waals surface area (Å²) in [5.41, 5.74) is 7.65. The van der Waals surface area contributed by atoms with Crippen molar-refractivity contribution in [3.8, 4) is 0 Å². The number of nitrogen functional groups attached to an aromatic ring is 1. The summed E-state index contributed by atoms with van der Waals surface area (Å²) < 4.78 is 0. The van der Waals surface area contributed by atoms with E-state index in [0.29, 0.717) is 36.6 Å². The molecule has 0 fully saturated rings. The number of carbonyl (C=O) groups is 2. The number of hydrogen-bond acceptors (Lipinski definition) is 4. The zero-order valence-corrected chi connectivity index (χ0v) is 12.7. The zero-order chi connectivity index (χ0) is 15.8. The molecule has 0 aliphatic carbocycles. The standard InChI is InChI=1S/C14H23N5O2/c1-4-16-13(20)10-5-6-11(15)12(9-10)17-7-8-18-14(21)19(2)3/h5-6,9,17H,4,7-8,15H2,1-3H3,(H,16,20)(H,18,21). The molecule has 7 heteroatoms. The Morgan fingerprint density at radius 2 is 1.90 bits per heavy atom. The van der Waals surface area contributed by atoms with Crippen LogP contribution in [0.2, 0.25) is 0 Å². The van der Waals surface area contributed by atoms with Crippen LogP contribution in [0.5, 0.6) is 0 Å². The van der Waals surface area contributed by atoms with Crippen molar-refractivity contribution in [2.24, 2.45) is 0 Å². The van der Waals surface area contributed by atoms with Gasteiger partial charge in [0.1, 0.15) is 0 Å². The molecule has 0 aliphatic heterocycles. The molecule has 1 aromatic carbocycles. The Morgan fingerprint density at radius 1 is 1.19 bits per heavy atom. The van der Waals surface area contributed by atoms with Crippen molar-refractivity contribution in [2.45, 2.75) is 6.92 Å². The van der Waals surface area contributed by atoms with E-state index in [1.54, 1.807) is 32.3 Å². The molecule has 0 atom stereocenters. The molecule has 0 aromatic heterocycles. The average Bonchev–Trinajstić information content (AvgIpc) is 2.45. The van der Waals surface area contributed by atoms with Crippen LogP contribution in [-0.4, -0.2) is 50.6 Å². The van der Waals surface area contributed by atoms with Crippen molar-refractivity contribution in [1.82, 2.24) is 15.5 Å². The van der Waals surface area contributed by atoms with Crippen molar-refractivity contribution in [1.29, 1.82) is 0 Å². The second-order valence-corrected chi connectivity index (χ2v) is 4.71. The van der Waals surface area contributed by atoms with Crippen molar-refractivity contribution in [3.05, 3.63) is 23.8 Å². The lowest BCUT2D eigenvalue weighted by Gasteiger charge is -2.14. The van der Waals surface area contributed by atoms with Crippen molar-refractivity contribution >= 4 is 23.3 Å². The summed E-state index contributed by atoms with van der Waals surface area (Å²) in [4.78, 5) is 24.6. The number of carbonyl (C=O) groups excluding carboxylic acids is 2. The molecule has 21 heavy (non-hydrogen) atoms.